The van der Waals surface area contributed by atoms with Gasteiger partial charge in [0.2, 0.25) is 0 Å². The summed E-state index contributed by atoms with van der Waals surface area (Å²) in [4.78, 5) is 35.4. The predicted octanol–water partition coefficient (Wildman–Crippen LogP) is 1.67. The van der Waals surface area contributed by atoms with Crippen molar-refractivity contribution in [3.8, 4) is 11.5 Å². The molecular formula is C36H55N9O11Si. The summed E-state index contributed by atoms with van der Waals surface area (Å²) in [5.74, 6) is 1.74. The van der Waals surface area contributed by atoms with Gasteiger partial charge in [-0.15, -0.1) is 20.8 Å². The Hall–Kier alpha value is -4.59. The molecule has 0 bridgehead atoms. The molecule has 0 spiro atoms. The average molecular weight is 818 g/mol. The molecule has 21 heteroatoms. The van der Waals surface area contributed by atoms with Crippen LogP contribution in [0.3, 0.4) is 0 Å². The fourth-order valence-corrected chi connectivity index (χ4v) is 5.81. The summed E-state index contributed by atoms with van der Waals surface area (Å²) in [7, 11) is -1.75. The van der Waals surface area contributed by atoms with Crippen LogP contribution < -0.4 is 0 Å². The third-order valence-corrected chi connectivity index (χ3v) is 13.3. The minimum absolute atomic E-state index is 0.0348. The molecule has 0 saturated carbocycles. The van der Waals surface area contributed by atoms with E-state index in [1.54, 1.807) is 28.0 Å². The van der Waals surface area contributed by atoms with Gasteiger partial charge in [0.15, 0.2) is 0 Å². The number of hydrogen-bond acceptors (Lipinski definition) is 17. The Morgan fingerprint density at radius 1 is 0.719 bits per heavy atom. The van der Waals surface area contributed by atoms with Crippen LogP contribution in [-0.2, 0) is 91.7 Å². The van der Waals surface area contributed by atoms with Crippen LogP contribution in [0.4, 0.5) is 0 Å². The predicted molar refractivity (Wildman–Crippen MR) is 201 cm³/mol. The Labute approximate surface area is 333 Å². The molecule has 0 aliphatic carbocycles. The maximum absolute atomic E-state index is 11.9. The third-order valence-electron chi connectivity index (χ3n) is 8.75. The zero-order valence-electron chi connectivity index (χ0n) is 34.0. The summed E-state index contributed by atoms with van der Waals surface area (Å²) < 4.78 is 49.0. The van der Waals surface area contributed by atoms with E-state index in [1.165, 1.54) is 25.5 Å². The molecule has 3 aromatic heterocycles. The Kier molecular flexibility index (Phi) is 17.3. The molecule has 0 unspecified atom stereocenters. The average Bonchev–Trinajstić information content (AvgIpc) is 3.40. The molecule has 1 fully saturated rings. The molecular weight excluding hydrogens is 763 g/mol. The second-order valence-corrected chi connectivity index (χ2v) is 20.2. The van der Waals surface area contributed by atoms with Crippen molar-refractivity contribution < 1.29 is 52.3 Å². The monoisotopic (exact) mass is 817 g/mol. The van der Waals surface area contributed by atoms with Gasteiger partial charge in [0, 0.05) is 20.8 Å². The second kappa shape index (κ2) is 21.8. The maximum Gasteiger partial charge on any atom is 0.303 e. The fraction of sp³-hybridized carbons (Fsp3) is 0.694. The van der Waals surface area contributed by atoms with Crippen molar-refractivity contribution in [2.75, 3.05) is 39.6 Å². The number of epoxide rings is 1. The van der Waals surface area contributed by atoms with Gasteiger partial charge in [0.05, 0.1) is 91.1 Å². The topological polar surface area (TPSA) is 220 Å². The molecule has 3 aromatic rings. The molecule has 4 heterocycles. The highest BCUT2D eigenvalue weighted by Gasteiger charge is 2.33. The van der Waals surface area contributed by atoms with Gasteiger partial charge in [-0.25, -0.2) is 14.0 Å². The summed E-state index contributed by atoms with van der Waals surface area (Å²) in [6.07, 6.45) is 3.29. The van der Waals surface area contributed by atoms with Crippen molar-refractivity contribution in [3.05, 3.63) is 35.7 Å². The Morgan fingerprint density at radius 2 is 1.11 bits per heavy atom. The normalized spacial score (nSPS) is 15.6. The molecule has 20 nitrogen and oxygen atoms in total. The van der Waals surface area contributed by atoms with Crippen LogP contribution in [0, 0.1) is 11.5 Å². The molecule has 0 aromatic carbocycles. The van der Waals surface area contributed by atoms with Gasteiger partial charge in [0.1, 0.15) is 56.2 Å². The molecule has 4 atom stereocenters. The smallest absolute Gasteiger partial charge is 0.303 e. The molecule has 0 N–H and O–H groups in total. The minimum atomic E-state index is -1.75. The highest BCUT2D eigenvalue weighted by atomic mass is 28.3. The molecule has 4 rings (SSSR count). The summed E-state index contributed by atoms with van der Waals surface area (Å²) in [6.45, 7) is 17.8. The van der Waals surface area contributed by atoms with Crippen LogP contribution in [0.15, 0.2) is 18.6 Å². The number of esters is 3. The lowest BCUT2D eigenvalue weighted by atomic mass is 10.2. The summed E-state index contributed by atoms with van der Waals surface area (Å²) in [5, 5.41) is 24.9. The summed E-state index contributed by atoms with van der Waals surface area (Å²) in [6, 6.07) is 0. The lowest BCUT2D eigenvalue weighted by molar-refractivity contribution is -0.151. The fourth-order valence-electron chi connectivity index (χ4n) is 4.92. The Balaban J connectivity index is 1.20. The van der Waals surface area contributed by atoms with E-state index in [0.717, 1.165) is 0 Å². The highest BCUT2D eigenvalue weighted by Crippen LogP contribution is 2.35. The lowest BCUT2D eigenvalue weighted by Crippen LogP contribution is -2.35. The van der Waals surface area contributed by atoms with Gasteiger partial charge in [-0.1, -0.05) is 55.4 Å². The SMILES string of the molecule is CC(=O)O[C@H](COCc1cn(C[C@H](COCC#C[Si](C)(C)C(C)(C)C)OC(C)=O)nn1)Cn1cc(COC[C@@H](Cn2cc(COC[C@@H]3CO3)nn2)OC(C)=O)nn1. The molecule has 0 radical (unpaired) electrons. The van der Waals surface area contributed by atoms with Crippen molar-refractivity contribution in [1.29, 1.82) is 0 Å². The Morgan fingerprint density at radius 3 is 1.47 bits per heavy atom. The van der Waals surface area contributed by atoms with Gasteiger partial charge >= 0.3 is 17.9 Å². The summed E-state index contributed by atoms with van der Waals surface area (Å²) in [5.41, 5.74) is 5.07. The van der Waals surface area contributed by atoms with Gasteiger partial charge in [-0.3, -0.25) is 14.4 Å². The first-order valence-corrected chi connectivity index (χ1v) is 21.7. The third kappa shape index (κ3) is 17.2. The van der Waals surface area contributed by atoms with Crippen molar-refractivity contribution in [2.24, 2.45) is 0 Å². The van der Waals surface area contributed by atoms with Crippen molar-refractivity contribution in [1.82, 2.24) is 45.0 Å². The number of rotatable bonds is 24. The largest absolute Gasteiger partial charge is 0.458 e. The van der Waals surface area contributed by atoms with Gasteiger partial charge in [-0.05, 0) is 5.04 Å². The van der Waals surface area contributed by atoms with E-state index in [1.807, 2.05) is 0 Å². The van der Waals surface area contributed by atoms with Crippen LogP contribution in [-0.4, -0.2) is 135 Å². The zero-order valence-corrected chi connectivity index (χ0v) is 35.0. The number of carbonyl (C=O) groups excluding carboxylic acids is 3. The zero-order chi connectivity index (χ0) is 41.4. The number of ether oxygens (including phenoxy) is 8. The molecule has 1 saturated heterocycles. The van der Waals surface area contributed by atoms with E-state index in [-0.39, 0.29) is 70.4 Å². The minimum Gasteiger partial charge on any atom is -0.458 e. The number of nitrogens with zero attached hydrogens (tertiary/aromatic N) is 9. The first kappa shape index (κ1) is 45.1. The van der Waals surface area contributed by atoms with Crippen molar-refractivity contribution in [3.63, 3.8) is 0 Å². The quantitative estimate of drug-likeness (QED) is 0.0313. The van der Waals surface area contributed by atoms with Crippen LogP contribution in [0.25, 0.3) is 0 Å². The van der Waals surface area contributed by atoms with Gasteiger partial charge in [0.25, 0.3) is 0 Å². The molecule has 0 amide bonds. The van der Waals surface area contributed by atoms with Crippen molar-refractivity contribution >= 4 is 26.0 Å². The standard InChI is InChI=1S/C36H55N9O11Si/c1-26(46)54-32(21-49-10-9-11-57(7,8)36(4,5)6)15-43-12-29(37-40-43)18-50-22-33(55-27(2)47)16-44-13-30(38-41-44)19-51-23-34(56-28(3)48)17-45-14-31(39-42-45)20-52-24-35-25-53-35/h12-14,32-35H,10,15-25H2,1-8H3/t32-,33+,34-,35-/m1/s1. The van der Waals surface area contributed by atoms with E-state index >= 15 is 0 Å². The van der Waals surface area contributed by atoms with Gasteiger partial charge in [-0.2, -0.15) is 0 Å². The van der Waals surface area contributed by atoms with E-state index in [0.29, 0.717) is 36.9 Å². The van der Waals surface area contributed by atoms with Crippen LogP contribution in [0.1, 0.15) is 58.6 Å². The first-order chi connectivity index (χ1) is 27.0. The van der Waals surface area contributed by atoms with Crippen LogP contribution >= 0.6 is 0 Å². The number of hydrogen-bond donors (Lipinski definition) is 0. The number of carbonyl (C=O) groups is 3. The second-order valence-electron chi connectivity index (χ2n) is 15.2. The lowest BCUT2D eigenvalue weighted by Gasteiger charge is -2.31. The van der Waals surface area contributed by atoms with E-state index in [4.69, 9.17) is 37.9 Å². The molecule has 314 valence electrons. The Bertz CT molecular complexity index is 1790. The maximum atomic E-state index is 11.9. The molecule has 1 aliphatic rings. The first-order valence-electron chi connectivity index (χ1n) is 18.7. The van der Waals surface area contributed by atoms with E-state index < -0.39 is 44.3 Å². The highest BCUT2D eigenvalue weighted by molar-refractivity contribution is 6.87. The molecule has 57 heavy (non-hydrogen) atoms. The molecule has 1 aliphatic heterocycles. The van der Waals surface area contributed by atoms with E-state index in [9.17, 15) is 14.4 Å². The summed E-state index contributed by atoms with van der Waals surface area (Å²) >= 11 is 0. The van der Waals surface area contributed by atoms with Crippen LogP contribution in [0.5, 0.6) is 0 Å². The van der Waals surface area contributed by atoms with E-state index in [2.05, 4.69) is 76.3 Å². The van der Waals surface area contributed by atoms with Gasteiger partial charge < -0.3 is 37.9 Å². The number of aromatic nitrogens is 9. The van der Waals surface area contributed by atoms with Crippen LogP contribution in [0.2, 0.25) is 18.1 Å². The van der Waals surface area contributed by atoms with Crippen molar-refractivity contribution in [2.45, 2.75) is 124 Å².